The standard InChI is InChI=1S/C12H9F3N2O4/c13-12(14,15)8-2-1-6(5-7(8)10(19)20)17-4-3-9(18)16-11(17)21/h1-2,5H,3-4H2,(H,19,20)(H,16,18,21). The summed E-state index contributed by atoms with van der Waals surface area (Å²) in [7, 11) is 0. The highest BCUT2D eigenvalue weighted by molar-refractivity contribution is 6.06. The number of carboxylic acid groups (broad SMARTS) is 1. The molecule has 1 aliphatic heterocycles. The summed E-state index contributed by atoms with van der Waals surface area (Å²) in [6.45, 7) is -0.0326. The van der Waals surface area contributed by atoms with Crippen molar-refractivity contribution in [1.29, 1.82) is 0 Å². The van der Waals surface area contributed by atoms with Crippen LogP contribution >= 0.6 is 0 Å². The number of carbonyl (C=O) groups excluding carboxylic acids is 2. The van der Waals surface area contributed by atoms with Gasteiger partial charge in [0.2, 0.25) is 5.91 Å². The average Bonchev–Trinajstić information content (AvgIpc) is 2.37. The Morgan fingerprint density at radius 1 is 1.29 bits per heavy atom. The second-order valence-electron chi connectivity index (χ2n) is 4.29. The summed E-state index contributed by atoms with van der Waals surface area (Å²) in [4.78, 5) is 34.6. The fraction of sp³-hybridized carbons (Fsp3) is 0.250. The molecule has 1 heterocycles. The normalized spacial score (nSPS) is 15.9. The van der Waals surface area contributed by atoms with Crippen LogP contribution in [0.1, 0.15) is 22.3 Å². The van der Waals surface area contributed by atoms with Gasteiger partial charge in [0.15, 0.2) is 0 Å². The first kappa shape index (κ1) is 14.8. The van der Waals surface area contributed by atoms with Crippen molar-refractivity contribution in [2.75, 3.05) is 11.4 Å². The van der Waals surface area contributed by atoms with E-state index in [-0.39, 0.29) is 18.7 Å². The Bertz CT molecular complexity index is 627. The fourth-order valence-electron chi connectivity index (χ4n) is 1.93. The van der Waals surface area contributed by atoms with Gasteiger partial charge in [-0.25, -0.2) is 9.59 Å². The van der Waals surface area contributed by atoms with Gasteiger partial charge >= 0.3 is 18.2 Å². The highest BCUT2D eigenvalue weighted by Crippen LogP contribution is 2.34. The Hall–Kier alpha value is -2.58. The van der Waals surface area contributed by atoms with E-state index >= 15 is 0 Å². The van der Waals surface area contributed by atoms with Crippen molar-refractivity contribution in [2.45, 2.75) is 12.6 Å². The highest BCUT2D eigenvalue weighted by atomic mass is 19.4. The van der Waals surface area contributed by atoms with Crippen molar-refractivity contribution in [3.05, 3.63) is 29.3 Å². The van der Waals surface area contributed by atoms with Gasteiger partial charge in [0, 0.05) is 18.7 Å². The molecular formula is C12H9F3N2O4. The van der Waals surface area contributed by atoms with Crippen LogP contribution in [0.3, 0.4) is 0 Å². The number of nitrogens with zero attached hydrogens (tertiary/aromatic N) is 1. The summed E-state index contributed by atoms with van der Waals surface area (Å²) in [5.41, 5.74) is -2.28. The zero-order chi connectivity index (χ0) is 15.8. The lowest BCUT2D eigenvalue weighted by molar-refractivity contribution is -0.138. The Kier molecular flexibility index (Phi) is 3.58. The summed E-state index contributed by atoms with van der Waals surface area (Å²) >= 11 is 0. The van der Waals surface area contributed by atoms with Gasteiger partial charge in [0.05, 0.1) is 11.1 Å². The third-order valence-electron chi connectivity index (χ3n) is 2.90. The molecule has 0 spiro atoms. The average molecular weight is 302 g/mol. The van der Waals surface area contributed by atoms with Crippen molar-refractivity contribution in [3.63, 3.8) is 0 Å². The molecule has 0 bridgehead atoms. The molecule has 0 atom stereocenters. The van der Waals surface area contributed by atoms with Crippen molar-refractivity contribution in [2.24, 2.45) is 0 Å². The third kappa shape index (κ3) is 2.96. The Balaban J connectivity index is 2.43. The lowest BCUT2D eigenvalue weighted by atomic mass is 10.1. The van der Waals surface area contributed by atoms with Gasteiger partial charge in [-0.1, -0.05) is 0 Å². The zero-order valence-corrected chi connectivity index (χ0v) is 10.4. The second-order valence-corrected chi connectivity index (χ2v) is 4.29. The van der Waals surface area contributed by atoms with Gasteiger partial charge in [0.25, 0.3) is 0 Å². The number of anilines is 1. The quantitative estimate of drug-likeness (QED) is 0.873. The van der Waals surface area contributed by atoms with Crippen molar-refractivity contribution < 1.29 is 32.7 Å². The monoisotopic (exact) mass is 302 g/mol. The van der Waals surface area contributed by atoms with Crippen molar-refractivity contribution in [3.8, 4) is 0 Å². The molecule has 0 aliphatic carbocycles. The molecule has 0 radical (unpaired) electrons. The summed E-state index contributed by atoms with van der Waals surface area (Å²) in [5, 5.41) is 10.9. The maximum absolute atomic E-state index is 12.7. The van der Waals surface area contributed by atoms with Crippen LogP contribution in [0.2, 0.25) is 0 Å². The smallest absolute Gasteiger partial charge is 0.417 e. The van der Waals surface area contributed by atoms with E-state index in [9.17, 15) is 27.6 Å². The lowest BCUT2D eigenvalue weighted by Crippen LogP contribution is -2.49. The maximum Gasteiger partial charge on any atom is 0.417 e. The van der Waals surface area contributed by atoms with Crippen LogP contribution in [0.15, 0.2) is 18.2 Å². The third-order valence-corrected chi connectivity index (χ3v) is 2.90. The van der Waals surface area contributed by atoms with Crippen LogP contribution in [0.5, 0.6) is 0 Å². The van der Waals surface area contributed by atoms with E-state index < -0.39 is 35.2 Å². The van der Waals surface area contributed by atoms with Crippen molar-refractivity contribution in [1.82, 2.24) is 5.32 Å². The molecule has 112 valence electrons. The van der Waals surface area contributed by atoms with Crippen LogP contribution in [0.4, 0.5) is 23.7 Å². The van der Waals surface area contributed by atoms with E-state index in [4.69, 9.17) is 5.11 Å². The highest BCUT2D eigenvalue weighted by Gasteiger charge is 2.36. The largest absolute Gasteiger partial charge is 0.478 e. The minimum atomic E-state index is -4.81. The van der Waals surface area contributed by atoms with Crippen LogP contribution in [-0.4, -0.2) is 29.6 Å². The van der Waals surface area contributed by atoms with E-state index in [2.05, 4.69) is 0 Å². The van der Waals surface area contributed by atoms with Crippen LogP contribution < -0.4 is 10.2 Å². The number of hydrogen-bond donors (Lipinski definition) is 2. The first-order valence-corrected chi connectivity index (χ1v) is 5.76. The number of rotatable bonds is 2. The van der Waals surface area contributed by atoms with Crippen LogP contribution in [0.25, 0.3) is 0 Å². The van der Waals surface area contributed by atoms with Gasteiger partial charge in [-0.2, -0.15) is 13.2 Å². The molecule has 0 aromatic heterocycles. The van der Waals surface area contributed by atoms with E-state index in [1.54, 1.807) is 0 Å². The SMILES string of the molecule is O=C1CCN(c2ccc(C(F)(F)F)c(C(=O)O)c2)C(=O)N1. The number of carboxylic acids is 1. The number of imide groups is 1. The molecule has 6 nitrogen and oxygen atoms in total. The number of halogens is 3. The number of urea groups is 1. The minimum absolute atomic E-state index is 0.0187. The molecule has 3 amide bonds. The molecule has 21 heavy (non-hydrogen) atoms. The first-order valence-electron chi connectivity index (χ1n) is 5.76. The second kappa shape index (κ2) is 5.08. The number of carbonyl (C=O) groups is 3. The topological polar surface area (TPSA) is 86.7 Å². The predicted molar refractivity (Wildman–Crippen MR) is 63.9 cm³/mol. The Morgan fingerprint density at radius 2 is 1.95 bits per heavy atom. The fourth-order valence-corrected chi connectivity index (χ4v) is 1.93. The number of aromatic carboxylic acids is 1. The zero-order valence-electron chi connectivity index (χ0n) is 10.4. The Labute approximate surface area is 116 Å². The summed E-state index contributed by atoms with van der Waals surface area (Å²) < 4.78 is 38.1. The molecule has 1 aromatic rings. The number of hydrogen-bond acceptors (Lipinski definition) is 3. The molecule has 1 aromatic carbocycles. The first-order chi connectivity index (χ1) is 9.70. The molecule has 1 saturated heterocycles. The van der Waals surface area contributed by atoms with Gasteiger partial charge < -0.3 is 5.11 Å². The van der Waals surface area contributed by atoms with Gasteiger partial charge in [-0.05, 0) is 18.2 Å². The molecule has 0 unspecified atom stereocenters. The molecule has 9 heteroatoms. The van der Waals surface area contributed by atoms with Crippen LogP contribution in [0, 0.1) is 0 Å². The van der Waals surface area contributed by atoms with E-state index in [1.807, 2.05) is 5.32 Å². The maximum atomic E-state index is 12.7. The van der Waals surface area contributed by atoms with E-state index in [0.717, 1.165) is 17.0 Å². The molecule has 2 rings (SSSR count). The number of nitrogens with one attached hydrogen (secondary N) is 1. The summed E-state index contributed by atoms with van der Waals surface area (Å²) in [5.74, 6) is -2.25. The molecule has 0 saturated carbocycles. The van der Waals surface area contributed by atoms with Crippen molar-refractivity contribution >= 4 is 23.6 Å². The van der Waals surface area contributed by atoms with Gasteiger partial charge in [-0.3, -0.25) is 15.0 Å². The van der Waals surface area contributed by atoms with E-state index in [0.29, 0.717) is 6.07 Å². The Morgan fingerprint density at radius 3 is 2.48 bits per heavy atom. The predicted octanol–water partition coefficient (Wildman–Crippen LogP) is 1.85. The summed E-state index contributed by atoms with van der Waals surface area (Å²) in [6.07, 6.45) is -4.83. The molecular weight excluding hydrogens is 293 g/mol. The lowest BCUT2D eigenvalue weighted by Gasteiger charge is -2.27. The number of alkyl halides is 3. The molecule has 1 fully saturated rings. The van der Waals surface area contributed by atoms with Crippen LogP contribution in [-0.2, 0) is 11.0 Å². The molecule has 1 aliphatic rings. The molecule has 2 N–H and O–H groups in total. The minimum Gasteiger partial charge on any atom is -0.478 e. The number of amides is 3. The number of benzene rings is 1. The van der Waals surface area contributed by atoms with Gasteiger partial charge in [-0.15, -0.1) is 0 Å². The van der Waals surface area contributed by atoms with E-state index in [1.165, 1.54) is 0 Å². The summed E-state index contributed by atoms with van der Waals surface area (Å²) in [6, 6.07) is 1.55. The van der Waals surface area contributed by atoms with Gasteiger partial charge in [0.1, 0.15) is 0 Å².